The Morgan fingerprint density at radius 2 is 2.05 bits per heavy atom. The van der Waals surface area contributed by atoms with Crippen LogP contribution < -0.4 is 0 Å². The van der Waals surface area contributed by atoms with Crippen LogP contribution in [0.4, 0.5) is 0 Å². The summed E-state index contributed by atoms with van der Waals surface area (Å²) in [5.74, 6) is 0.177. The number of fused-ring (bicyclic) bond motifs is 2. The molecule has 1 heterocycles. The van der Waals surface area contributed by atoms with E-state index in [0.29, 0.717) is 13.0 Å². The Hall–Kier alpha value is -1.48. The van der Waals surface area contributed by atoms with E-state index in [9.17, 15) is 9.59 Å². The number of Topliss-reactive ketones (excluding diaryl/α,β-unsaturated/α-hetero) is 1. The number of ether oxygens (including phenoxy) is 1. The highest BCUT2D eigenvalue weighted by Gasteiger charge is 2.75. The summed E-state index contributed by atoms with van der Waals surface area (Å²) in [5.41, 5.74) is 5.04. The second-order valence-electron chi connectivity index (χ2n) is 6.45. The van der Waals surface area contributed by atoms with Crippen molar-refractivity contribution in [2.24, 2.45) is 5.41 Å². The molecule has 3 aliphatic carbocycles. The van der Waals surface area contributed by atoms with Crippen molar-refractivity contribution in [2.75, 3.05) is 6.61 Å². The number of rotatable bonds is 3. The first kappa shape index (κ1) is 12.3. The lowest BCUT2D eigenvalue weighted by atomic mass is 9.69. The molecule has 2 spiro atoms. The van der Waals surface area contributed by atoms with Gasteiger partial charge in [0, 0.05) is 17.4 Å². The summed E-state index contributed by atoms with van der Waals surface area (Å²) in [6.07, 6.45) is 6.33. The third kappa shape index (κ3) is 1.20. The van der Waals surface area contributed by atoms with Crippen molar-refractivity contribution in [1.29, 1.82) is 0 Å². The quantitative estimate of drug-likeness (QED) is 0.585. The molecule has 0 unspecified atom stereocenters. The number of allylic oxidation sites excluding steroid dienone is 4. The van der Waals surface area contributed by atoms with Gasteiger partial charge in [0.1, 0.15) is 6.29 Å². The van der Waals surface area contributed by atoms with Gasteiger partial charge in [-0.15, -0.1) is 0 Å². The molecule has 1 atom stereocenters. The van der Waals surface area contributed by atoms with Gasteiger partial charge in [0.2, 0.25) is 0 Å². The van der Waals surface area contributed by atoms with Gasteiger partial charge >= 0.3 is 0 Å². The number of ketones is 1. The maximum absolute atomic E-state index is 12.8. The smallest absolute Gasteiger partial charge is 0.198 e. The fourth-order valence-electron chi connectivity index (χ4n) is 4.23. The second-order valence-corrected chi connectivity index (χ2v) is 6.45. The molecule has 1 saturated heterocycles. The van der Waals surface area contributed by atoms with Gasteiger partial charge in [0.25, 0.3) is 0 Å². The van der Waals surface area contributed by atoms with E-state index in [-0.39, 0.29) is 11.2 Å². The summed E-state index contributed by atoms with van der Waals surface area (Å²) < 4.78 is 5.66. The Bertz CT molecular complexity index is 637. The van der Waals surface area contributed by atoms with Crippen molar-refractivity contribution >= 4 is 12.1 Å². The predicted molar refractivity (Wildman–Crippen MR) is 74.1 cm³/mol. The Kier molecular flexibility index (Phi) is 2.20. The van der Waals surface area contributed by atoms with E-state index in [2.05, 4.69) is 6.92 Å². The zero-order valence-electron chi connectivity index (χ0n) is 11.9. The molecule has 0 aromatic rings. The fourth-order valence-corrected chi connectivity index (χ4v) is 4.23. The van der Waals surface area contributed by atoms with Crippen molar-refractivity contribution in [3.05, 3.63) is 33.9 Å². The lowest BCUT2D eigenvalue weighted by Gasteiger charge is -2.32. The third-order valence-electron chi connectivity index (χ3n) is 5.58. The van der Waals surface area contributed by atoms with Crippen molar-refractivity contribution in [3.63, 3.8) is 0 Å². The molecular formula is C17H18O3. The Balaban J connectivity index is 1.86. The zero-order chi connectivity index (χ0) is 14.1. The van der Waals surface area contributed by atoms with Gasteiger partial charge < -0.3 is 9.53 Å². The Morgan fingerprint density at radius 3 is 2.60 bits per heavy atom. The minimum atomic E-state index is -0.535. The van der Waals surface area contributed by atoms with Crippen LogP contribution in [0.25, 0.3) is 0 Å². The number of epoxide rings is 1. The highest BCUT2D eigenvalue weighted by molar-refractivity contribution is 6.12. The summed E-state index contributed by atoms with van der Waals surface area (Å²) in [7, 11) is 0. The average molecular weight is 270 g/mol. The lowest BCUT2D eigenvalue weighted by molar-refractivity contribution is -0.122. The summed E-state index contributed by atoms with van der Waals surface area (Å²) in [4.78, 5) is 23.5. The molecule has 0 aromatic carbocycles. The number of carbonyl (C=O) groups excluding carboxylic acids is 2. The SMILES string of the molecule is CC1=C(CCC=O)C2=C(C)C3(CC3)[C@]3(CO3)C(=O)C2=C1. The first-order valence-corrected chi connectivity index (χ1v) is 7.33. The Morgan fingerprint density at radius 1 is 1.35 bits per heavy atom. The largest absolute Gasteiger partial charge is 0.360 e. The van der Waals surface area contributed by atoms with Gasteiger partial charge in [-0.25, -0.2) is 0 Å². The van der Waals surface area contributed by atoms with Crippen LogP contribution in [0.1, 0.15) is 39.5 Å². The van der Waals surface area contributed by atoms with E-state index < -0.39 is 5.60 Å². The van der Waals surface area contributed by atoms with E-state index in [1.54, 1.807) is 0 Å². The van der Waals surface area contributed by atoms with Crippen molar-refractivity contribution in [3.8, 4) is 0 Å². The normalized spacial score (nSPS) is 32.9. The van der Waals surface area contributed by atoms with Gasteiger partial charge in [-0.1, -0.05) is 5.57 Å². The molecule has 20 heavy (non-hydrogen) atoms. The molecule has 3 nitrogen and oxygen atoms in total. The summed E-state index contributed by atoms with van der Waals surface area (Å²) in [6, 6.07) is 0. The minimum Gasteiger partial charge on any atom is -0.360 e. The van der Waals surface area contributed by atoms with Gasteiger partial charge in [0.05, 0.1) is 6.61 Å². The van der Waals surface area contributed by atoms with Crippen molar-refractivity contribution in [2.45, 2.75) is 45.1 Å². The second kappa shape index (κ2) is 3.59. The van der Waals surface area contributed by atoms with E-state index in [1.165, 1.54) is 11.1 Å². The van der Waals surface area contributed by atoms with Crippen LogP contribution in [0.2, 0.25) is 0 Å². The van der Waals surface area contributed by atoms with Crippen LogP contribution in [0.5, 0.6) is 0 Å². The molecule has 0 N–H and O–H groups in total. The molecular weight excluding hydrogens is 252 g/mol. The summed E-state index contributed by atoms with van der Waals surface area (Å²) >= 11 is 0. The molecule has 3 heteroatoms. The highest BCUT2D eigenvalue weighted by Crippen LogP contribution is 2.70. The zero-order valence-corrected chi connectivity index (χ0v) is 11.9. The van der Waals surface area contributed by atoms with Crippen LogP contribution in [-0.2, 0) is 14.3 Å². The van der Waals surface area contributed by atoms with Gasteiger partial charge in [0.15, 0.2) is 11.4 Å². The molecule has 0 radical (unpaired) electrons. The van der Waals surface area contributed by atoms with Crippen LogP contribution in [0.15, 0.2) is 33.9 Å². The van der Waals surface area contributed by atoms with Crippen LogP contribution >= 0.6 is 0 Å². The average Bonchev–Trinajstić information content (AvgIpc) is 3.30. The first-order valence-electron chi connectivity index (χ1n) is 7.33. The number of aldehydes is 1. The van der Waals surface area contributed by atoms with E-state index in [1.807, 2.05) is 13.0 Å². The maximum atomic E-state index is 12.8. The number of carbonyl (C=O) groups is 2. The predicted octanol–water partition coefficient (Wildman–Crippen LogP) is 2.67. The van der Waals surface area contributed by atoms with E-state index in [4.69, 9.17) is 4.74 Å². The molecule has 4 aliphatic rings. The molecule has 1 saturated carbocycles. The summed E-state index contributed by atoms with van der Waals surface area (Å²) in [5, 5.41) is 0. The minimum absolute atomic E-state index is 0.0339. The van der Waals surface area contributed by atoms with E-state index in [0.717, 1.165) is 42.3 Å². The first-order chi connectivity index (χ1) is 9.57. The third-order valence-corrected chi connectivity index (χ3v) is 5.58. The summed E-state index contributed by atoms with van der Waals surface area (Å²) in [6.45, 7) is 4.78. The number of hydrogen-bond acceptors (Lipinski definition) is 3. The molecule has 0 bridgehead atoms. The standard InChI is InChI=1S/C17H18O3/c1-10-8-13-14(12(10)4-3-7-18)11(2)16(5-6-16)17(9-20-17)15(13)19/h7-8H,3-6,9H2,1-2H3/t17-/m0/s1. The van der Waals surface area contributed by atoms with Gasteiger partial charge in [-0.3, -0.25) is 4.79 Å². The van der Waals surface area contributed by atoms with Crippen molar-refractivity contribution in [1.82, 2.24) is 0 Å². The van der Waals surface area contributed by atoms with Gasteiger partial charge in [-0.2, -0.15) is 0 Å². The van der Waals surface area contributed by atoms with Crippen LogP contribution in [-0.4, -0.2) is 24.3 Å². The van der Waals surface area contributed by atoms with Gasteiger partial charge in [-0.05, 0) is 55.9 Å². The Labute approximate surface area is 118 Å². The fraction of sp³-hybridized carbons (Fsp3) is 0.529. The monoisotopic (exact) mass is 270 g/mol. The topological polar surface area (TPSA) is 46.7 Å². The molecule has 1 aliphatic heterocycles. The van der Waals surface area contributed by atoms with E-state index >= 15 is 0 Å². The van der Waals surface area contributed by atoms with Crippen molar-refractivity contribution < 1.29 is 14.3 Å². The molecule has 2 fully saturated rings. The lowest BCUT2D eigenvalue weighted by Crippen LogP contribution is -2.41. The molecule has 104 valence electrons. The molecule has 4 rings (SSSR count). The highest BCUT2D eigenvalue weighted by atomic mass is 16.6. The molecule has 0 amide bonds. The van der Waals surface area contributed by atoms with Crippen LogP contribution in [0, 0.1) is 5.41 Å². The maximum Gasteiger partial charge on any atom is 0.198 e. The number of hydrogen-bond donors (Lipinski definition) is 0. The molecule has 0 aromatic heterocycles. The van der Waals surface area contributed by atoms with Crippen LogP contribution in [0.3, 0.4) is 0 Å².